The molecule has 0 spiro atoms. The minimum atomic E-state index is -5.14. The van der Waals surface area contributed by atoms with Crippen LogP contribution < -0.4 is 5.73 Å². The third-order valence-electron chi connectivity index (χ3n) is 4.46. The second kappa shape index (κ2) is 8.34. The number of nitrogens with two attached hydrogens (primary N) is 1. The zero-order chi connectivity index (χ0) is 25.6. The van der Waals surface area contributed by atoms with Crippen LogP contribution in [0.1, 0.15) is 20.7 Å². The Morgan fingerprint density at radius 2 is 1.50 bits per heavy atom. The third-order valence-corrected chi connectivity index (χ3v) is 6.16. The van der Waals surface area contributed by atoms with Crippen molar-refractivity contribution in [1.82, 2.24) is 0 Å². The molecule has 3 aromatic rings. The summed E-state index contributed by atoms with van der Waals surface area (Å²) in [5, 5.41) is 35.4. The number of carboxylic acid groups (broad SMARTS) is 2. The van der Waals surface area contributed by atoms with Crippen LogP contribution in [0, 0.1) is 0 Å². The number of phenolic OH excluding ortho intramolecular Hbond substituents is 1. The molecule has 3 rings (SSSR count). The van der Waals surface area contributed by atoms with E-state index >= 15 is 0 Å². The van der Waals surface area contributed by atoms with Crippen molar-refractivity contribution in [2.24, 2.45) is 10.2 Å². The zero-order valence-electron chi connectivity index (χ0n) is 16.4. The van der Waals surface area contributed by atoms with Gasteiger partial charge < -0.3 is 21.1 Å². The van der Waals surface area contributed by atoms with Gasteiger partial charge in [0.05, 0.1) is 16.0 Å². The number of fused-ring (bicyclic) bond motifs is 1. The molecule has 0 radical (unpaired) electrons. The van der Waals surface area contributed by atoms with Gasteiger partial charge in [0.25, 0.3) is 20.2 Å². The van der Waals surface area contributed by atoms with Crippen LogP contribution in [0.2, 0.25) is 0 Å². The third kappa shape index (κ3) is 4.64. The van der Waals surface area contributed by atoms with Crippen LogP contribution in [0.3, 0.4) is 0 Å². The largest absolute Gasteiger partial charge is 0.505 e. The van der Waals surface area contributed by atoms with Crippen LogP contribution in [-0.2, 0) is 20.2 Å². The van der Waals surface area contributed by atoms with Crippen molar-refractivity contribution < 1.29 is 50.8 Å². The molecule has 0 saturated carbocycles. The molecule has 0 fully saturated rings. The first-order valence-corrected chi connectivity index (χ1v) is 11.6. The molecule has 0 atom stereocenters. The summed E-state index contributed by atoms with van der Waals surface area (Å²) >= 11 is 0. The maximum Gasteiger partial charge on any atom is 0.337 e. The van der Waals surface area contributed by atoms with Gasteiger partial charge >= 0.3 is 11.9 Å². The molecule has 0 aromatic heterocycles. The van der Waals surface area contributed by atoms with Crippen molar-refractivity contribution in [2.45, 2.75) is 9.79 Å². The molecule has 16 heteroatoms. The van der Waals surface area contributed by atoms with Crippen LogP contribution in [-0.4, -0.2) is 53.2 Å². The maximum absolute atomic E-state index is 11.9. The van der Waals surface area contributed by atoms with Crippen LogP contribution in [0.5, 0.6) is 5.75 Å². The molecule has 7 N–H and O–H groups in total. The van der Waals surface area contributed by atoms with Crippen molar-refractivity contribution >= 4 is 60.0 Å². The minimum Gasteiger partial charge on any atom is -0.505 e. The second-order valence-corrected chi connectivity index (χ2v) is 9.49. The molecule has 0 amide bonds. The summed E-state index contributed by atoms with van der Waals surface area (Å²) < 4.78 is 65.5. The fourth-order valence-corrected chi connectivity index (χ4v) is 4.18. The number of rotatable bonds is 6. The Labute approximate surface area is 190 Å². The highest BCUT2D eigenvalue weighted by Gasteiger charge is 2.25. The maximum atomic E-state index is 11.9. The number of carboxylic acids is 2. The number of phenols is 1. The van der Waals surface area contributed by atoms with Gasteiger partial charge in [-0.2, -0.15) is 16.8 Å². The zero-order valence-corrected chi connectivity index (χ0v) is 18.1. The lowest BCUT2D eigenvalue weighted by Gasteiger charge is -2.12. The molecular formula is C18H13N3O11S2. The Morgan fingerprint density at radius 1 is 0.853 bits per heavy atom. The van der Waals surface area contributed by atoms with Crippen molar-refractivity contribution in [3.63, 3.8) is 0 Å². The van der Waals surface area contributed by atoms with E-state index in [1.54, 1.807) is 0 Å². The Bertz CT molecular complexity index is 1630. The van der Waals surface area contributed by atoms with Crippen LogP contribution in [0.25, 0.3) is 10.8 Å². The molecular weight excluding hydrogens is 498 g/mol. The first kappa shape index (κ1) is 24.5. The number of benzene rings is 3. The standard InChI is InChI=1S/C18H13N3O11S2/c19-11-6-9(33(27,28)29)3-8-5-13(34(30,31)32)15(16(22)14(8)11)21-20-12-4-7(17(23)24)1-2-10(12)18(25)26/h1-6,22H,19H2,(H,23,24)(H,25,26)(H,27,28,29)(H,30,31,32). The summed E-state index contributed by atoms with van der Waals surface area (Å²) in [6.07, 6.45) is 0. The molecule has 178 valence electrons. The van der Waals surface area contributed by atoms with E-state index in [4.69, 9.17) is 10.8 Å². The van der Waals surface area contributed by atoms with E-state index in [1.807, 2.05) is 0 Å². The molecule has 3 aromatic carbocycles. The van der Waals surface area contributed by atoms with Crippen LogP contribution >= 0.6 is 0 Å². The Morgan fingerprint density at radius 3 is 2.03 bits per heavy atom. The number of nitrogens with zero attached hydrogens (tertiary/aromatic N) is 2. The topological polar surface area (TPSA) is 254 Å². The molecule has 14 nitrogen and oxygen atoms in total. The highest BCUT2D eigenvalue weighted by Crippen LogP contribution is 2.44. The number of nitrogen functional groups attached to an aromatic ring is 1. The molecule has 0 unspecified atom stereocenters. The van der Waals surface area contributed by atoms with Gasteiger partial charge in [0.15, 0.2) is 5.75 Å². The van der Waals surface area contributed by atoms with Crippen molar-refractivity contribution in [2.75, 3.05) is 5.73 Å². The first-order chi connectivity index (χ1) is 15.6. The lowest BCUT2D eigenvalue weighted by molar-refractivity contribution is 0.0682. The fraction of sp³-hybridized carbons (Fsp3) is 0. The van der Waals surface area contributed by atoms with E-state index in [9.17, 15) is 45.7 Å². The fourth-order valence-electron chi connectivity index (χ4n) is 2.97. The highest BCUT2D eigenvalue weighted by atomic mass is 32.2. The van der Waals surface area contributed by atoms with E-state index in [1.165, 1.54) is 0 Å². The molecule has 0 heterocycles. The number of carbonyl (C=O) groups is 2. The predicted octanol–water partition coefficient (Wildman–Crippen LogP) is 2.43. The summed E-state index contributed by atoms with van der Waals surface area (Å²) in [7, 11) is -9.92. The molecule has 0 aliphatic rings. The van der Waals surface area contributed by atoms with Gasteiger partial charge in [0, 0.05) is 11.1 Å². The highest BCUT2D eigenvalue weighted by molar-refractivity contribution is 7.86. The van der Waals surface area contributed by atoms with Crippen molar-refractivity contribution in [3.8, 4) is 5.75 Å². The summed E-state index contributed by atoms with van der Waals surface area (Å²) in [4.78, 5) is 20.8. The lowest BCUT2D eigenvalue weighted by atomic mass is 10.1. The van der Waals surface area contributed by atoms with E-state index in [0.717, 1.165) is 30.3 Å². The number of azo groups is 1. The van der Waals surface area contributed by atoms with E-state index in [2.05, 4.69) is 10.2 Å². The van der Waals surface area contributed by atoms with E-state index < -0.39 is 70.3 Å². The van der Waals surface area contributed by atoms with Crippen LogP contribution in [0.15, 0.2) is 56.4 Å². The van der Waals surface area contributed by atoms with E-state index in [-0.39, 0.29) is 16.3 Å². The summed E-state index contributed by atoms with van der Waals surface area (Å²) in [6.45, 7) is 0. The summed E-state index contributed by atoms with van der Waals surface area (Å²) in [6, 6.07) is 4.96. The van der Waals surface area contributed by atoms with Gasteiger partial charge in [-0.25, -0.2) is 9.59 Å². The molecule has 0 aliphatic carbocycles. The van der Waals surface area contributed by atoms with E-state index in [0.29, 0.717) is 6.07 Å². The first-order valence-electron chi connectivity index (χ1n) is 8.68. The quantitative estimate of drug-likeness (QED) is 0.158. The Balaban J connectivity index is 2.36. The summed E-state index contributed by atoms with van der Waals surface area (Å²) in [5.74, 6) is -3.94. The number of hydrogen-bond acceptors (Lipinski definition) is 10. The average molecular weight is 511 g/mol. The molecule has 0 aliphatic heterocycles. The second-order valence-electron chi connectivity index (χ2n) is 6.67. The average Bonchev–Trinajstić information content (AvgIpc) is 2.70. The number of aromatic carboxylic acids is 2. The summed E-state index contributed by atoms with van der Waals surface area (Å²) in [5.41, 5.74) is 2.99. The minimum absolute atomic E-state index is 0.323. The van der Waals surface area contributed by atoms with Crippen molar-refractivity contribution in [1.29, 1.82) is 0 Å². The molecule has 34 heavy (non-hydrogen) atoms. The van der Waals surface area contributed by atoms with Gasteiger partial charge in [-0.15, -0.1) is 10.2 Å². The Hall–Kier alpha value is -4.12. The van der Waals surface area contributed by atoms with Gasteiger partial charge in [-0.1, -0.05) is 0 Å². The predicted molar refractivity (Wildman–Crippen MR) is 114 cm³/mol. The number of anilines is 1. The van der Waals surface area contributed by atoms with Crippen molar-refractivity contribution in [3.05, 3.63) is 47.5 Å². The monoisotopic (exact) mass is 511 g/mol. The smallest absolute Gasteiger partial charge is 0.337 e. The van der Waals surface area contributed by atoms with Gasteiger partial charge in [0.1, 0.15) is 16.3 Å². The van der Waals surface area contributed by atoms with Gasteiger partial charge in [0.2, 0.25) is 0 Å². The van der Waals surface area contributed by atoms with Gasteiger partial charge in [-0.05, 0) is 41.8 Å². The SMILES string of the molecule is Nc1cc(S(=O)(=O)O)cc2cc(S(=O)(=O)O)c(N=Nc3cc(C(=O)O)ccc3C(=O)O)c(O)c12. The normalized spacial score (nSPS) is 12.3. The number of aromatic hydroxyl groups is 1. The Kier molecular flexibility index (Phi) is 6.02. The van der Waals surface area contributed by atoms with Gasteiger partial charge in [-0.3, -0.25) is 9.11 Å². The molecule has 0 bridgehead atoms. The molecule has 0 saturated heterocycles. The number of hydrogen-bond donors (Lipinski definition) is 6. The van der Waals surface area contributed by atoms with Crippen LogP contribution in [0.4, 0.5) is 17.1 Å². The lowest BCUT2D eigenvalue weighted by Crippen LogP contribution is -2.03.